The van der Waals surface area contributed by atoms with Crippen molar-refractivity contribution in [3.05, 3.63) is 35.0 Å². The van der Waals surface area contributed by atoms with E-state index in [1.807, 2.05) is 38.1 Å². The molecule has 130 valence electrons. The maximum absolute atomic E-state index is 10.9. The third-order valence-corrected chi connectivity index (χ3v) is 4.70. The Kier molecular flexibility index (Phi) is 4.85. The quantitative estimate of drug-likeness (QED) is 0.697. The normalized spacial score (nSPS) is 10.8. The standard InChI is InChI=1S/C18H19N3O3S/c1-4-24-13-7-5-12(6-8-13)15-10(2)25-18-16(15)17(19-9-14(22)23)20-11(3)21-18/h5-8H,4,9H2,1-3H3,(H,22,23)(H,19,20,21). The van der Waals surface area contributed by atoms with Crippen LogP contribution in [-0.2, 0) is 4.79 Å². The number of aromatic nitrogens is 2. The van der Waals surface area contributed by atoms with Gasteiger partial charge >= 0.3 is 5.97 Å². The summed E-state index contributed by atoms with van der Waals surface area (Å²) in [5.74, 6) is 1.05. The first kappa shape index (κ1) is 17.2. The zero-order valence-electron chi connectivity index (χ0n) is 14.3. The van der Waals surface area contributed by atoms with Crippen molar-refractivity contribution in [3.8, 4) is 16.9 Å². The molecule has 0 amide bonds. The lowest BCUT2D eigenvalue weighted by atomic mass is 10.0. The van der Waals surface area contributed by atoms with Gasteiger partial charge in [0.15, 0.2) is 0 Å². The number of thiophene rings is 1. The highest BCUT2D eigenvalue weighted by atomic mass is 32.1. The van der Waals surface area contributed by atoms with E-state index in [9.17, 15) is 4.79 Å². The number of anilines is 1. The number of aryl methyl sites for hydroxylation is 2. The van der Waals surface area contributed by atoms with Crippen molar-refractivity contribution in [2.24, 2.45) is 0 Å². The summed E-state index contributed by atoms with van der Waals surface area (Å²) in [6.45, 7) is 6.22. The lowest BCUT2D eigenvalue weighted by molar-refractivity contribution is -0.134. The predicted octanol–water partition coefficient (Wildman–Crippen LogP) is 3.87. The van der Waals surface area contributed by atoms with Gasteiger partial charge in [-0.05, 0) is 38.5 Å². The number of carbonyl (C=O) groups is 1. The van der Waals surface area contributed by atoms with Gasteiger partial charge in [-0.15, -0.1) is 11.3 Å². The van der Waals surface area contributed by atoms with Gasteiger partial charge in [0.25, 0.3) is 0 Å². The molecule has 0 saturated heterocycles. The Morgan fingerprint density at radius 2 is 1.96 bits per heavy atom. The molecule has 2 heterocycles. The van der Waals surface area contributed by atoms with Crippen LogP contribution in [0.2, 0.25) is 0 Å². The number of aliphatic carboxylic acids is 1. The van der Waals surface area contributed by atoms with Crippen LogP contribution in [-0.4, -0.2) is 34.2 Å². The second-order valence-corrected chi connectivity index (χ2v) is 6.74. The summed E-state index contributed by atoms with van der Waals surface area (Å²) < 4.78 is 5.50. The number of carboxylic acids is 1. The van der Waals surface area contributed by atoms with Crippen LogP contribution >= 0.6 is 11.3 Å². The van der Waals surface area contributed by atoms with E-state index in [0.29, 0.717) is 18.2 Å². The Balaban J connectivity index is 2.13. The van der Waals surface area contributed by atoms with Crippen LogP contribution in [0.1, 0.15) is 17.6 Å². The van der Waals surface area contributed by atoms with Gasteiger partial charge < -0.3 is 15.2 Å². The van der Waals surface area contributed by atoms with E-state index in [1.54, 1.807) is 18.3 Å². The average molecular weight is 357 g/mol. The number of fused-ring (bicyclic) bond motifs is 1. The first-order valence-electron chi connectivity index (χ1n) is 7.96. The third kappa shape index (κ3) is 3.56. The van der Waals surface area contributed by atoms with Crippen molar-refractivity contribution in [2.45, 2.75) is 20.8 Å². The predicted molar refractivity (Wildman–Crippen MR) is 99.6 cm³/mol. The molecule has 1 aromatic carbocycles. The van der Waals surface area contributed by atoms with Crippen LogP contribution in [0.4, 0.5) is 5.82 Å². The molecule has 25 heavy (non-hydrogen) atoms. The first-order chi connectivity index (χ1) is 12.0. The second kappa shape index (κ2) is 7.06. The van der Waals surface area contributed by atoms with Crippen LogP contribution < -0.4 is 10.1 Å². The lowest BCUT2D eigenvalue weighted by Crippen LogP contribution is -2.14. The Bertz CT molecular complexity index is 919. The van der Waals surface area contributed by atoms with E-state index in [2.05, 4.69) is 15.3 Å². The van der Waals surface area contributed by atoms with Crippen LogP contribution in [0.3, 0.4) is 0 Å². The molecule has 0 bridgehead atoms. The minimum Gasteiger partial charge on any atom is -0.494 e. The van der Waals surface area contributed by atoms with Gasteiger partial charge in [-0.3, -0.25) is 4.79 Å². The van der Waals surface area contributed by atoms with Crippen molar-refractivity contribution in [1.82, 2.24) is 9.97 Å². The monoisotopic (exact) mass is 357 g/mol. The van der Waals surface area contributed by atoms with Gasteiger partial charge in [-0.1, -0.05) is 12.1 Å². The molecule has 0 aliphatic heterocycles. The van der Waals surface area contributed by atoms with Gasteiger partial charge in [0.05, 0.1) is 12.0 Å². The Morgan fingerprint density at radius 1 is 1.24 bits per heavy atom. The minimum atomic E-state index is -0.931. The number of nitrogens with zero attached hydrogens (tertiary/aromatic N) is 2. The second-order valence-electron chi connectivity index (χ2n) is 5.54. The summed E-state index contributed by atoms with van der Waals surface area (Å²) in [5, 5.41) is 12.7. The minimum absolute atomic E-state index is 0.191. The van der Waals surface area contributed by atoms with Gasteiger partial charge in [0.1, 0.15) is 28.8 Å². The molecular formula is C18H19N3O3S. The molecule has 2 aromatic heterocycles. The highest BCUT2D eigenvalue weighted by molar-refractivity contribution is 7.19. The Hall–Kier alpha value is -2.67. The summed E-state index contributed by atoms with van der Waals surface area (Å²) in [5.41, 5.74) is 2.05. The zero-order valence-corrected chi connectivity index (χ0v) is 15.1. The maximum Gasteiger partial charge on any atom is 0.322 e. The molecule has 0 fully saturated rings. The number of hydrogen-bond acceptors (Lipinski definition) is 6. The molecule has 7 heteroatoms. The summed E-state index contributed by atoms with van der Waals surface area (Å²) >= 11 is 1.58. The number of carboxylic acid groups (broad SMARTS) is 1. The van der Waals surface area contributed by atoms with Crippen molar-refractivity contribution in [3.63, 3.8) is 0 Å². The summed E-state index contributed by atoms with van der Waals surface area (Å²) in [4.78, 5) is 21.8. The molecule has 2 N–H and O–H groups in total. The fraction of sp³-hybridized carbons (Fsp3) is 0.278. The number of rotatable bonds is 6. The SMILES string of the molecule is CCOc1ccc(-c2c(C)sc3nc(C)nc(NCC(=O)O)c23)cc1. The largest absolute Gasteiger partial charge is 0.494 e. The molecule has 0 saturated carbocycles. The molecule has 0 radical (unpaired) electrons. The van der Waals surface area contributed by atoms with Crippen LogP contribution in [0, 0.1) is 13.8 Å². The smallest absolute Gasteiger partial charge is 0.322 e. The van der Waals surface area contributed by atoms with Crippen molar-refractivity contribution < 1.29 is 14.6 Å². The summed E-state index contributed by atoms with van der Waals surface area (Å²) in [7, 11) is 0. The van der Waals surface area contributed by atoms with Crippen LogP contribution in [0.25, 0.3) is 21.3 Å². The Morgan fingerprint density at radius 3 is 2.60 bits per heavy atom. The van der Waals surface area contributed by atoms with Gasteiger partial charge in [-0.2, -0.15) is 0 Å². The van der Waals surface area contributed by atoms with Crippen LogP contribution in [0.5, 0.6) is 5.75 Å². The molecule has 3 rings (SSSR count). The Labute approximate surface area is 149 Å². The fourth-order valence-corrected chi connectivity index (χ4v) is 3.83. The van der Waals surface area contributed by atoms with Crippen molar-refractivity contribution >= 4 is 33.3 Å². The first-order valence-corrected chi connectivity index (χ1v) is 8.78. The zero-order chi connectivity index (χ0) is 18.0. The molecule has 6 nitrogen and oxygen atoms in total. The number of benzene rings is 1. The number of nitrogens with one attached hydrogen (secondary N) is 1. The highest BCUT2D eigenvalue weighted by Crippen LogP contribution is 2.41. The fourth-order valence-electron chi connectivity index (χ4n) is 2.74. The molecular weight excluding hydrogens is 338 g/mol. The van der Waals surface area contributed by atoms with E-state index < -0.39 is 5.97 Å². The topological polar surface area (TPSA) is 84.3 Å². The van der Waals surface area contributed by atoms with E-state index in [-0.39, 0.29) is 6.54 Å². The van der Waals surface area contributed by atoms with E-state index in [1.165, 1.54) is 0 Å². The molecule has 0 unspecified atom stereocenters. The van der Waals surface area contributed by atoms with Crippen molar-refractivity contribution in [1.29, 1.82) is 0 Å². The van der Waals surface area contributed by atoms with E-state index in [4.69, 9.17) is 9.84 Å². The summed E-state index contributed by atoms with van der Waals surface area (Å²) in [6, 6.07) is 7.86. The molecule has 0 spiro atoms. The summed E-state index contributed by atoms with van der Waals surface area (Å²) in [6.07, 6.45) is 0. The highest BCUT2D eigenvalue weighted by Gasteiger charge is 2.18. The maximum atomic E-state index is 10.9. The van der Waals surface area contributed by atoms with Gasteiger partial charge in [0.2, 0.25) is 0 Å². The molecule has 0 aliphatic rings. The number of ether oxygens (including phenoxy) is 1. The molecule has 0 atom stereocenters. The van der Waals surface area contributed by atoms with E-state index in [0.717, 1.165) is 32.0 Å². The average Bonchev–Trinajstić information content (AvgIpc) is 2.89. The van der Waals surface area contributed by atoms with Crippen LogP contribution in [0.15, 0.2) is 24.3 Å². The third-order valence-electron chi connectivity index (χ3n) is 3.70. The molecule has 0 aliphatic carbocycles. The van der Waals surface area contributed by atoms with Crippen molar-refractivity contribution in [2.75, 3.05) is 18.5 Å². The van der Waals surface area contributed by atoms with E-state index >= 15 is 0 Å². The molecule has 3 aromatic rings. The van der Waals surface area contributed by atoms with Gasteiger partial charge in [-0.25, -0.2) is 9.97 Å². The number of hydrogen-bond donors (Lipinski definition) is 2. The lowest BCUT2D eigenvalue weighted by Gasteiger charge is -2.09. The van der Waals surface area contributed by atoms with Gasteiger partial charge in [0, 0.05) is 10.4 Å².